The molecule has 2 aromatic heterocycles. The van der Waals surface area contributed by atoms with Crippen molar-refractivity contribution in [3.05, 3.63) is 78.4 Å². The standard InChI is InChI=1S/C22H15FN4O3S/c23-16-2-4-17(5-3-16)27-21(14-7-9-24-10-8-14)25-26-22(27)31-12-18(28)15-1-6-19-20(11-15)30-13-29-19/h1-11H,12-13H2. The summed E-state index contributed by atoms with van der Waals surface area (Å²) in [6.07, 6.45) is 3.32. The van der Waals surface area contributed by atoms with Crippen molar-refractivity contribution in [3.8, 4) is 28.6 Å². The van der Waals surface area contributed by atoms with Crippen LogP contribution < -0.4 is 9.47 Å². The van der Waals surface area contributed by atoms with Crippen molar-refractivity contribution in [2.24, 2.45) is 0 Å². The number of ether oxygens (including phenoxy) is 2. The van der Waals surface area contributed by atoms with Gasteiger partial charge in [0, 0.05) is 29.2 Å². The number of fused-ring (bicyclic) bond motifs is 1. The largest absolute Gasteiger partial charge is 0.454 e. The molecule has 2 aromatic carbocycles. The third-order valence-corrected chi connectivity index (χ3v) is 5.61. The number of hydrogen-bond donors (Lipinski definition) is 0. The van der Waals surface area contributed by atoms with Gasteiger partial charge in [-0.2, -0.15) is 0 Å². The summed E-state index contributed by atoms with van der Waals surface area (Å²) in [7, 11) is 0. The molecule has 9 heteroatoms. The first kappa shape index (κ1) is 19.3. The van der Waals surface area contributed by atoms with Crippen LogP contribution >= 0.6 is 11.8 Å². The van der Waals surface area contributed by atoms with Gasteiger partial charge in [0.05, 0.1) is 5.75 Å². The predicted molar refractivity (Wildman–Crippen MR) is 112 cm³/mol. The van der Waals surface area contributed by atoms with Crippen molar-refractivity contribution >= 4 is 17.5 Å². The van der Waals surface area contributed by atoms with E-state index >= 15 is 0 Å². The third kappa shape index (κ3) is 3.87. The Hall–Kier alpha value is -3.72. The molecule has 0 amide bonds. The average Bonchev–Trinajstić information content (AvgIpc) is 3.45. The van der Waals surface area contributed by atoms with Gasteiger partial charge in [-0.1, -0.05) is 11.8 Å². The van der Waals surface area contributed by atoms with Crippen molar-refractivity contribution in [3.63, 3.8) is 0 Å². The summed E-state index contributed by atoms with van der Waals surface area (Å²) in [5.41, 5.74) is 2.02. The number of ketones is 1. The first-order chi connectivity index (χ1) is 15.2. The monoisotopic (exact) mass is 434 g/mol. The molecule has 0 fully saturated rings. The third-order valence-electron chi connectivity index (χ3n) is 4.68. The second kappa shape index (κ2) is 8.19. The number of pyridine rings is 1. The molecule has 0 N–H and O–H groups in total. The lowest BCUT2D eigenvalue weighted by Gasteiger charge is -2.10. The van der Waals surface area contributed by atoms with Crippen molar-refractivity contribution in [2.45, 2.75) is 5.16 Å². The highest BCUT2D eigenvalue weighted by atomic mass is 32.2. The van der Waals surface area contributed by atoms with Crippen LogP contribution in [0.15, 0.2) is 72.1 Å². The molecule has 1 aliphatic heterocycles. The summed E-state index contributed by atoms with van der Waals surface area (Å²) in [4.78, 5) is 16.8. The van der Waals surface area contributed by atoms with E-state index in [0.717, 1.165) is 5.56 Å². The molecule has 0 saturated carbocycles. The molecule has 5 rings (SSSR count). The van der Waals surface area contributed by atoms with Gasteiger partial charge in [0.1, 0.15) is 5.82 Å². The van der Waals surface area contributed by atoms with E-state index in [9.17, 15) is 9.18 Å². The molecule has 0 aliphatic carbocycles. The van der Waals surface area contributed by atoms with Crippen LogP contribution in [0.2, 0.25) is 0 Å². The number of aromatic nitrogens is 4. The maximum absolute atomic E-state index is 13.5. The molecule has 0 unspecified atom stereocenters. The highest BCUT2D eigenvalue weighted by Gasteiger charge is 2.20. The molecule has 154 valence electrons. The molecule has 1 aliphatic rings. The second-order valence-corrected chi connectivity index (χ2v) is 7.58. The van der Waals surface area contributed by atoms with E-state index < -0.39 is 0 Å². The number of rotatable bonds is 6. The number of carbonyl (C=O) groups is 1. The van der Waals surface area contributed by atoms with Crippen LogP contribution in [0.25, 0.3) is 17.1 Å². The fraction of sp³-hybridized carbons (Fsp3) is 0.0909. The quantitative estimate of drug-likeness (QED) is 0.333. The molecular weight excluding hydrogens is 419 g/mol. The smallest absolute Gasteiger partial charge is 0.231 e. The number of benzene rings is 2. The van der Waals surface area contributed by atoms with Gasteiger partial charge in [-0.25, -0.2) is 4.39 Å². The number of nitrogens with zero attached hydrogens (tertiary/aromatic N) is 4. The lowest BCUT2D eigenvalue weighted by Crippen LogP contribution is -2.05. The summed E-state index contributed by atoms with van der Waals surface area (Å²) in [6.45, 7) is 0.153. The lowest BCUT2D eigenvalue weighted by molar-refractivity contribution is 0.102. The minimum Gasteiger partial charge on any atom is -0.454 e. The molecule has 0 bridgehead atoms. The van der Waals surface area contributed by atoms with E-state index in [4.69, 9.17) is 9.47 Å². The Bertz CT molecular complexity index is 1250. The van der Waals surface area contributed by atoms with Gasteiger partial charge in [-0.05, 0) is 54.6 Å². The molecule has 3 heterocycles. The van der Waals surface area contributed by atoms with Crippen LogP contribution in [-0.4, -0.2) is 38.1 Å². The van der Waals surface area contributed by atoms with E-state index in [1.165, 1.54) is 23.9 Å². The van der Waals surface area contributed by atoms with Gasteiger partial charge in [0.2, 0.25) is 6.79 Å². The fourth-order valence-corrected chi connectivity index (χ4v) is 4.00. The molecule has 7 nitrogen and oxygen atoms in total. The summed E-state index contributed by atoms with van der Waals surface area (Å²) in [6, 6.07) is 14.8. The molecule has 0 radical (unpaired) electrons. The summed E-state index contributed by atoms with van der Waals surface area (Å²) >= 11 is 1.26. The van der Waals surface area contributed by atoms with Gasteiger partial charge >= 0.3 is 0 Å². The normalized spacial score (nSPS) is 12.2. The van der Waals surface area contributed by atoms with Crippen molar-refractivity contribution in [1.82, 2.24) is 19.7 Å². The number of carbonyl (C=O) groups excluding carboxylic acids is 1. The Morgan fingerprint density at radius 2 is 1.77 bits per heavy atom. The molecule has 0 atom stereocenters. The van der Waals surface area contributed by atoms with E-state index in [0.29, 0.717) is 33.7 Å². The van der Waals surface area contributed by atoms with E-state index in [2.05, 4.69) is 15.2 Å². The van der Waals surface area contributed by atoms with Crippen molar-refractivity contribution < 1.29 is 18.7 Å². The number of Topliss-reactive ketones (excluding diaryl/α,β-unsaturated/α-hetero) is 1. The second-order valence-electron chi connectivity index (χ2n) is 6.63. The zero-order chi connectivity index (χ0) is 21.2. The number of thioether (sulfide) groups is 1. The zero-order valence-electron chi connectivity index (χ0n) is 16.1. The first-order valence-corrected chi connectivity index (χ1v) is 10.3. The Morgan fingerprint density at radius 3 is 2.58 bits per heavy atom. The zero-order valence-corrected chi connectivity index (χ0v) is 16.9. The molecule has 31 heavy (non-hydrogen) atoms. The van der Waals surface area contributed by atoms with Gasteiger partial charge in [-0.15, -0.1) is 10.2 Å². The maximum atomic E-state index is 13.5. The van der Waals surface area contributed by atoms with Crippen LogP contribution in [0.3, 0.4) is 0 Å². The van der Waals surface area contributed by atoms with Gasteiger partial charge in [0.15, 0.2) is 28.3 Å². The molecule has 0 saturated heterocycles. The number of hydrogen-bond acceptors (Lipinski definition) is 7. The number of halogens is 1. The average molecular weight is 434 g/mol. The topological polar surface area (TPSA) is 79.1 Å². The highest BCUT2D eigenvalue weighted by molar-refractivity contribution is 7.99. The Kier molecular flexibility index (Phi) is 5.09. The lowest BCUT2D eigenvalue weighted by atomic mass is 10.1. The minimum absolute atomic E-state index is 0.0811. The van der Waals surface area contributed by atoms with Gasteiger partial charge < -0.3 is 9.47 Å². The fourth-order valence-electron chi connectivity index (χ4n) is 3.16. The van der Waals surface area contributed by atoms with Crippen LogP contribution in [0.4, 0.5) is 4.39 Å². The Morgan fingerprint density at radius 1 is 1.00 bits per heavy atom. The van der Waals surface area contributed by atoms with Gasteiger partial charge in [0.25, 0.3) is 0 Å². The first-order valence-electron chi connectivity index (χ1n) is 9.36. The van der Waals surface area contributed by atoms with Crippen LogP contribution in [-0.2, 0) is 0 Å². The van der Waals surface area contributed by atoms with E-state index in [1.54, 1.807) is 47.3 Å². The van der Waals surface area contributed by atoms with E-state index in [1.807, 2.05) is 12.1 Å². The SMILES string of the molecule is O=C(CSc1nnc(-c2ccncc2)n1-c1ccc(F)cc1)c1ccc2c(c1)OCO2. The summed E-state index contributed by atoms with van der Waals surface area (Å²) < 4.78 is 25.9. The van der Waals surface area contributed by atoms with Crippen LogP contribution in [0, 0.1) is 5.82 Å². The molecule has 0 spiro atoms. The van der Waals surface area contributed by atoms with Crippen molar-refractivity contribution in [1.29, 1.82) is 0 Å². The summed E-state index contributed by atoms with van der Waals surface area (Å²) in [5.74, 6) is 1.49. The Labute approximate surface area is 180 Å². The Balaban J connectivity index is 1.44. The predicted octanol–water partition coefficient (Wildman–Crippen LogP) is 4.17. The molecular formula is C22H15FN4O3S. The minimum atomic E-state index is -0.338. The van der Waals surface area contributed by atoms with Crippen molar-refractivity contribution in [2.75, 3.05) is 12.5 Å². The summed E-state index contributed by atoms with van der Waals surface area (Å²) in [5, 5.41) is 9.11. The van der Waals surface area contributed by atoms with Crippen LogP contribution in [0.5, 0.6) is 11.5 Å². The van der Waals surface area contributed by atoms with Gasteiger partial charge in [-0.3, -0.25) is 14.3 Å². The highest BCUT2D eigenvalue weighted by Crippen LogP contribution is 2.33. The maximum Gasteiger partial charge on any atom is 0.231 e. The van der Waals surface area contributed by atoms with Crippen LogP contribution in [0.1, 0.15) is 10.4 Å². The van der Waals surface area contributed by atoms with E-state index in [-0.39, 0.29) is 24.1 Å². The molecule has 4 aromatic rings.